The quantitative estimate of drug-likeness (QED) is 0.543. The van der Waals surface area contributed by atoms with Gasteiger partial charge in [0.15, 0.2) is 5.82 Å². The Kier molecular flexibility index (Phi) is 2.45. The summed E-state index contributed by atoms with van der Waals surface area (Å²) in [6, 6.07) is 13.5. The summed E-state index contributed by atoms with van der Waals surface area (Å²) in [6.45, 7) is 0. The van der Waals surface area contributed by atoms with Gasteiger partial charge in [-0.15, -0.1) is 10.2 Å². The van der Waals surface area contributed by atoms with E-state index in [0.717, 1.165) is 21.9 Å². The van der Waals surface area contributed by atoms with E-state index < -0.39 is 0 Å². The van der Waals surface area contributed by atoms with Gasteiger partial charge >= 0.3 is 0 Å². The molecule has 4 nitrogen and oxygen atoms in total. The third kappa shape index (κ3) is 1.60. The Balaban J connectivity index is 2.11. The van der Waals surface area contributed by atoms with Crippen LogP contribution >= 0.6 is 22.9 Å². The number of hydrogen-bond donors (Lipinski definition) is 1. The second kappa shape index (κ2) is 4.19. The van der Waals surface area contributed by atoms with E-state index in [0.29, 0.717) is 10.7 Å². The van der Waals surface area contributed by atoms with Crippen LogP contribution < -0.4 is 5.73 Å². The molecule has 0 radical (unpaired) electrons. The van der Waals surface area contributed by atoms with Gasteiger partial charge in [0, 0.05) is 11.3 Å². The highest BCUT2D eigenvalue weighted by Gasteiger charge is 2.15. The third-order valence-electron chi connectivity index (χ3n) is 3.17. The van der Waals surface area contributed by atoms with E-state index in [-0.39, 0.29) is 0 Å². The van der Waals surface area contributed by atoms with Crippen LogP contribution in [0.15, 0.2) is 42.5 Å². The standard InChI is InChI=1S/C14H9ClN4S/c15-10-6-5-8(16)7-9(10)13-17-18-14-19(13)11-3-1-2-4-12(11)20-14/h1-7H,16H2. The lowest BCUT2D eigenvalue weighted by atomic mass is 10.2. The van der Waals surface area contributed by atoms with Gasteiger partial charge in [-0.1, -0.05) is 35.1 Å². The lowest BCUT2D eigenvalue weighted by molar-refractivity contribution is 1.12. The summed E-state index contributed by atoms with van der Waals surface area (Å²) in [5.41, 5.74) is 8.37. The number of hydrogen-bond acceptors (Lipinski definition) is 4. The fourth-order valence-corrected chi connectivity index (χ4v) is 3.44. The maximum Gasteiger partial charge on any atom is 0.217 e. The van der Waals surface area contributed by atoms with Crippen molar-refractivity contribution in [3.8, 4) is 11.4 Å². The fraction of sp³-hybridized carbons (Fsp3) is 0. The second-order valence-corrected chi connectivity index (χ2v) is 5.87. The number of nitrogens with two attached hydrogens (primary N) is 1. The van der Waals surface area contributed by atoms with Crippen LogP contribution in [0.25, 0.3) is 26.6 Å². The molecule has 2 aromatic heterocycles. The molecule has 4 aromatic rings. The van der Waals surface area contributed by atoms with Crippen LogP contribution in [-0.2, 0) is 0 Å². The molecule has 0 aliphatic rings. The van der Waals surface area contributed by atoms with Gasteiger partial charge < -0.3 is 5.73 Å². The van der Waals surface area contributed by atoms with E-state index in [1.165, 1.54) is 4.70 Å². The summed E-state index contributed by atoms with van der Waals surface area (Å²) in [7, 11) is 0. The zero-order chi connectivity index (χ0) is 13.7. The van der Waals surface area contributed by atoms with Gasteiger partial charge in [-0.3, -0.25) is 4.40 Å². The normalized spacial score (nSPS) is 11.4. The van der Waals surface area contributed by atoms with Crippen molar-refractivity contribution in [1.82, 2.24) is 14.6 Å². The summed E-state index contributed by atoms with van der Waals surface area (Å²) in [5.74, 6) is 0.717. The first-order valence-corrected chi connectivity index (χ1v) is 7.21. The molecule has 0 aliphatic carbocycles. The Morgan fingerprint density at radius 3 is 2.85 bits per heavy atom. The smallest absolute Gasteiger partial charge is 0.217 e. The zero-order valence-corrected chi connectivity index (χ0v) is 11.8. The zero-order valence-electron chi connectivity index (χ0n) is 10.2. The van der Waals surface area contributed by atoms with Crippen molar-refractivity contribution >= 4 is 43.8 Å². The number of aromatic nitrogens is 3. The van der Waals surface area contributed by atoms with E-state index in [1.54, 1.807) is 23.5 Å². The Labute approximate surface area is 123 Å². The molecule has 0 fully saturated rings. The fourth-order valence-electron chi connectivity index (χ4n) is 2.27. The maximum absolute atomic E-state index is 6.27. The molecule has 2 N–H and O–H groups in total. The minimum absolute atomic E-state index is 0.615. The Hall–Kier alpha value is -2.11. The average Bonchev–Trinajstić information content (AvgIpc) is 3.00. The number of thiazole rings is 1. The van der Waals surface area contributed by atoms with Crippen LogP contribution in [0.2, 0.25) is 5.02 Å². The van der Waals surface area contributed by atoms with E-state index in [2.05, 4.69) is 16.3 Å². The van der Waals surface area contributed by atoms with Gasteiger partial charge in [0.1, 0.15) is 0 Å². The molecule has 0 atom stereocenters. The number of halogens is 1. The van der Waals surface area contributed by atoms with Gasteiger partial charge in [0.25, 0.3) is 0 Å². The summed E-state index contributed by atoms with van der Waals surface area (Å²) >= 11 is 7.88. The number of nitrogen functional groups attached to an aromatic ring is 1. The molecule has 0 unspecified atom stereocenters. The average molecular weight is 301 g/mol. The molecule has 20 heavy (non-hydrogen) atoms. The summed E-state index contributed by atoms with van der Waals surface area (Å²) in [5, 5.41) is 9.11. The van der Waals surface area contributed by atoms with Gasteiger partial charge in [-0.05, 0) is 30.3 Å². The number of rotatable bonds is 1. The first kappa shape index (κ1) is 11.7. The van der Waals surface area contributed by atoms with Gasteiger partial charge in [-0.2, -0.15) is 0 Å². The molecule has 6 heteroatoms. The Morgan fingerprint density at radius 2 is 1.95 bits per heavy atom. The number of anilines is 1. The molecular weight excluding hydrogens is 292 g/mol. The summed E-state index contributed by atoms with van der Waals surface area (Å²) < 4.78 is 3.18. The highest BCUT2D eigenvalue weighted by Crippen LogP contribution is 2.33. The van der Waals surface area contributed by atoms with Crippen LogP contribution in [0.5, 0.6) is 0 Å². The van der Waals surface area contributed by atoms with Crippen molar-refractivity contribution in [1.29, 1.82) is 0 Å². The monoisotopic (exact) mass is 300 g/mol. The van der Waals surface area contributed by atoms with Gasteiger partial charge in [0.05, 0.1) is 15.2 Å². The van der Waals surface area contributed by atoms with E-state index >= 15 is 0 Å². The van der Waals surface area contributed by atoms with E-state index in [1.807, 2.05) is 28.7 Å². The number of benzene rings is 2. The molecular formula is C14H9ClN4S. The summed E-state index contributed by atoms with van der Waals surface area (Å²) in [4.78, 5) is 0.847. The molecule has 0 spiro atoms. The van der Waals surface area contributed by atoms with Gasteiger partial charge in [-0.25, -0.2) is 0 Å². The minimum Gasteiger partial charge on any atom is -0.399 e. The Morgan fingerprint density at radius 1 is 1.10 bits per heavy atom. The van der Waals surface area contributed by atoms with Crippen LogP contribution in [0.4, 0.5) is 5.69 Å². The largest absolute Gasteiger partial charge is 0.399 e. The van der Waals surface area contributed by atoms with E-state index in [4.69, 9.17) is 17.3 Å². The highest BCUT2D eigenvalue weighted by atomic mass is 35.5. The maximum atomic E-state index is 6.27. The van der Waals surface area contributed by atoms with Crippen LogP contribution in [0.1, 0.15) is 0 Å². The van der Waals surface area contributed by atoms with E-state index in [9.17, 15) is 0 Å². The van der Waals surface area contributed by atoms with Crippen molar-refractivity contribution in [2.75, 3.05) is 5.73 Å². The highest BCUT2D eigenvalue weighted by molar-refractivity contribution is 7.23. The molecule has 98 valence electrons. The predicted octanol–water partition coefficient (Wildman–Crippen LogP) is 3.85. The van der Waals surface area contributed by atoms with Crippen molar-refractivity contribution in [2.45, 2.75) is 0 Å². The predicted molar refractivity (Wildman–Crippen MR) is 83.2 cm³/mol. The molecule has 0 saturated carbocycles. The number of para-hydroxylation sites is 1. The number of fused-ring (bicyclic) bond motifs is 3. The molecule has 0 saturated heterocycles. The van der Waals surface area contributed by atoms with Crippen molar-refractivity contribution in [2.24, 2.45) is 0 Å². The first-order valence-electron chi connectivity index (χ1n) is 6.02. The van der Waals surface area contributed by atoms with Crippen LogP contribution in [0.3, 0.4) is 0 Å². The SMILES string of the molecule is Nc1ccc(Cl)c(-c2nnc3sc4ccccc4n23)c1. The minimum atomic E-state index is 0.615. The summed E-state index contributed by atoms with van der Waals surface area (Å²) in [6.07, 6.45) is 0. The van der Waals surface area contributed by atoms with Crippen molar-refractivity contribution in [3.05, 3.63) is 47.5 Å². The lowest BCUT2D eigenvalue weighted by Crippen LogP contribution is -1.91. The molecule has 2 heterocycles. The van der Waals surface area contributed by atoms with Crippen LogP contribution in [0, 0.1) is 0 Å². The van der Waals surface area contributed by atoms with Crippen molar-refractivity contribution in [3.63, 3.8) is 0 Å². The van der Waals surface area contributed by atoms with Crippen LogP contribution in [-0.4, -0.2) is 14.6 Å². The topological polar surface area (TPSA) is 56.2 Å². The first-order chi connectivity index (χ1) is 9.74. The molecule has 0 bridgehead atoms. The number of nitrogens with zero attached hydrogens (tertiary/aromatic N) is 3. The molecule has 0 amide bonds. The second-order valence-electron chi connectivity index (χ2n) is 4.45. The molecule has 4 rings (SSSR count). The van der Waals surface area contributed by atoms with Gasteiger partial charge in [0.2, 0.25) is 4.96 Å². The molecule has 0 aliphatic heterocycles. The third-order valence-corrected chi connectivity index (χ3v) is 4.51. The lowest BCUT2D eigenvalue weighted by Gasteiger charge is -2.03. The Bertz CT molecular complexity index is 941. The molecule has 2 aromatic carbocycles. The van der Waals surface area contributed by atoms with Crippen molar-refractivity contribution < 1.29 is 0 Å².